The lowest BCUT2D eigenvalue weighted by molar-refractivity contribution is -0.115. The lowest BCUT2D eigenvalue weighted by atomic mass is 10.1. The predicted octanol–water partition coefficient (Wildman–Crippen LogP) is 4.13. The normalized spacial score (nSPS) is 12.5. The zero-order chi connectivity index (χ0) is 20.4. The number of hydrogen-bond donors (Lipinski definition) is 1. The average molecular weight is 410 g/mol. The third-order valence-corrected chi connectivity index (χ3v) is 5.87. The zero-order valence-corrected chi connectivity index (χ0v) is 17.5. The molecule has 0 saturated heterocycles. The van der Waals surface area contributed by atoms with E-state index in [1.54, 1.807) is 14.2 Å². The van der Waals surface area contributed by atoms with E-state index >= 15 is 0 Å². The molecule has 1 aliphatic rings. The molecular weight excluding hydrogens is 386 g/mol. The van der Waals surface area contributed by atoms with Crippen LogP contribution in [0.5, 0.6) is 11.5 Å². The Labute approximate surface area is 174 Å². The Hall–Kier alpha value is -2.93. The van der Waals surface area contributed by atoms with Gasteiger partial charge in [0.25, 0.3) is 0 Å². The van der Waals surface area contributed by atoms with Crippen LogP contribution in [0.25, 0.3) is 5.69 Å². The topological polar surface area (TPSA) is 65.4 Å². The van der Waals surface area contributed by atoms with Gasteiger partial charge in [0, 0.05) is 17.1 Å². The highest BCUT2D eigenvalue weighted by molar-refractivity contribution is 7.98. The van der Waals surface area contributed by atoms with Crippen LogP contribution < -0.4 is 14.8 Å². The summed E-state index contributed by atoms with van der Waals surface area (Å²) >= 11 is 1.81. The minimum Gasteiger partial charge on any atom is -0.493 e. The number of nitrogens with one attached hydrogen (secondary N) is 1. The van der Waals surface area contributed by atoms with Gasteiger partial charge >= 0.3 is 0 Å². The molecule has 1 aromatic heterocycles. The van der Waals surface area contributed by atoms with E-state index in [1.165, 1.54) is 5.56 Å². The molecule has 3 aromatic rings. The molecule has 2 heterocycles. The molecule has 0 aliphatic carbocycles. The van der Waals surface area contributed by atoms with Gasteiger partial charge in [-0.2, -0.15) is 16.9 Å². The van der Waals surface area contributed by atoms with Crippen molar-refractivity contribution in [3.05, 3.63) is 64.8 Å². The summed E-state index contributed by atoms with van der Waals surface area (Å²) in [5.41, 5.74) is 5.13. The van der Waals surface area contributed by atoms with Crippen molar-refractivity contribution in [2.45, 2.75) is 24.9 Å². The molecule has 0 fully saturated rings. The SMILES string of the molecule is COc1ccc(CC(=O)Nc2c3c(nn2-c2ccc(C)cc2)CSC3)cc1OC. The second kappa shape index (κ2) is 8.21. The molecule has 1 amide bonds. The van der Waals surface area contributed by atoms with Crippen molar-refractivity contribution in [3.8, 4) is 17.2 Å². The van der Waals surface area contributed by atoms with Crippen molar-refractivity contribution in [2.24, 2.45) is 0 Å². The van der Waals surface area contributed by atoms with E-state index in [-0.39, 0.29) is 12.3 Å². The van der Waals surface area contributed by atoms with Gasteiger partial charge in [-0.15, -0.1) is 0 Å². The minimum atomic E-state index is -0.0924. The minimum absolute atomic E-state index is 0.0924. The number of carbonyl (C=O) groups is 1. The molecule has 1 aliphatic heterocycles. The highest BCUT2D eigenvalue weighted by Crippen LogP contribution is 2.36. The van der Waals surface area contributed by atoms with E-state index in [0.717, 1.165) is 39.8 Å². The lowest BCUT2D eigenvalue weighted by Gasteiger charge is -2.12. The summed E-state index contributed by atoms with van der Waals surface area (Å²) in [6.45, 7) is 2.05. The zero-order valence-electron chi connectivity index (χ0n) is 16.7. The number of thioether (sulfide) groups is 1. The summed E-state index contributed by atoms with van der Waals surface area (Å²) in [6.07, 6.45) is 0.237. The number of carbonyl (C=O) groups excluding carboxylic acids is 1. The molecule has 0 spiro atoms. The van der Waals surface area contributed by atoms with Crippen molar-refractivity contribution >= 4 is 23.5 Å². The second-order valence-electron chi connectivity index (χ2n) is 6.93. The Morgan fingerprint density at radius 3 is 2.59 bits per heavy atom. The highest BCUT2D eigenvalue weighted by atomic mass is 32.2. The van der Waals surface area contributed by atoms with Gasteiger partial charge in [-0.25, -0.2) is 4.68 Å². The van der Waals surface area contributed by atoms with Gasteiger partial charge in [-0.05, 0) is 36.8 Å². The highest BCUT2D eigenvalue weighted by Gasteiger charge is 2.24. The van der Waals surface area contributed by atoms with Gasteiger partial charge < -0.3 is 14.8 Å². The van der Waals surface area contributed by atoms with E-state index in [0.29, 0.717) is 11.5 Å². The second-order valence-corrected chi connectivity index (χ2v) is 7.91. The Morgan fingerprint density at radius 1 is 1.10 bits per heavy atom. The smallest absolute Gasteiger partial charge is 0.229 e. The molecule has 1 N–H and O–H groups in total. The van der Waals surface area contributed by atoms with Gasteiger partial charge in [0.2, 0.25) is 5.91 Å². The predicted molar refractivity (Wildman–Crippen MR) is 115 cm³/mol. The molecular formula is C22H23N3O3S. The van der Waals surface area contributed by atoms with Crippen molar-refractivity contribution in [3.63, 3.8) is 0 Å². The number of rotatable bonds is 6. The Kier molecular flexibility index (Phi) is 5.49. The number of fused-ring (bicyclic) bond motifs is 1. The van der Waals surface area contributed by atoms with E-state index in [1.807, 2.05) is 58.9 Å². The number of aromatic nitrogens is 2. The number of amides is 1. The van der Waals surface area contributed by atoms with Crippen LogP contribution in [-0.2, 0) is 22.7 Å². The molecule has 0 unspecified atom stereocenters. The van der Waals surface area contributed by atoms with Crippen LogP contribution in [0.4, 0.5) is 5.82 Å². The number of anilines is 1. The first-order valence-electron chi connectivity index (χ1n) is 9.35. The number of methoxy groups -OCH3 is 2. The number of hydrogen-bond acceptors (Lipinski definition) is 5. The van der Waals surface area contributed by atoms with Crippen LogP contribution in [0.15, 0.2) is 42.5 Å². The molecule has 6 nitrogen and oxygen atoms in total. The third-order valence-electron chi connectivity index (χ3n) is 4.90. The van der Waals surface area contributed by atoms with E-state index in [9.17, 15) is 4.79 Å². The molecule has 2 aromatic carbocycles. The molecule has 4 rings (SSSR count). The number of aryl methyl sites for hydroxylation is 1. The number of nitrogens with zero attached hydrogens (tertiary/aromatic N) is 2. The van der Waals surface area contributed by atoms with Crippen LogP contribution in [0.2, 0.25) is 0 Å². The van der Waals surface area contributed by atoms with Gasteiger partial charge in [0.15, 0.2) is 11.5 Å². The molecule has 0 saturated carbocycles. The Bertz CT molecular complexity index is 1040. The summed E-state index contributed by atoms with van der Waals surface area (Å²) in [5.74, 6) is 3.65. The van der Waals surface area contributed by atoms with Crippen molar-refractivity contribution in [1.29, 1.82) is 0 Å². The van der Waals surface area contributed by atoms with Gasteiger partial charge in [-0.3, -0.25) is 4.79 Å². The van der Waals surface area contributed by atoms with Gasteiger partial charge in [-0.1, -0.05) is 23.8 Å². The van der Waals surface area contributed by atoms with E-state index in [2.05, 4.69) is 12.2 Å². The monoisotopic (exact) mass is 409 g/mol. The first kappa shape index (κ1) is 19.4. The fraction of sp³-hybridized carbons (Fsp3) is 0.273. The Balaban J connectivity index is 1.59. The maximum Gasteiger partial charge on any atom is 0.229 e. The van der Waals surface area contributed by atoms with E-state index < -0.39 is 0 Å². The van der Waals surface area contributed by atoms with Crippen molar-refractivity contribution < 1.29 is 14.3 Å². The van der Waals surface area contributed by atoms with Crippen LogP contribution in [0, 0.1) is 6.92 Å². The maximum absolute atomic E-state index is 12.8. The molecule has 0 bridgehead atoms. The first-order chi connectivity index (χ1) is 14.1. The molecule has 7 heteroatoms. The molecule has 0 radical (unpaired) electrons. The summed E-state index contributed by atoms with van der Waals surface area (Å²) in [4.78, 5) is 12.8. The molecule has 150 valence electrons. The van der Waals surface area contributed by atoms with Crippen molar-refractivity contribution in [1.82, 2.24) is 9.78 Å². The van der Waals surface area contributed by atoms with Crippen LogP contribution >= 0.6 is 11.8 Å². The van der Waals surface area contributed by atoms with Crippen LogP contribution in [0.1, 0.15) is 22.4 Å². The fourth-order valence-electron chi connectivity index (χ4n) is 3.37. The quantitative estimate of drug-likeness (QED) is 0.663. The van der Waals surface area contributed by atoms with Gasteiger partial charge in [0.05, 0.1) is 32.0 Å². The lowest BCUT2D eigenvalue weighted by Crippen LogP contribution is -2.18. The van der Waals surface area contributed by atoms with Gasteiger partial charge in [0.1, 0.15) is 5.82 Å². The van der Waals surface area contributed by atoms with Crippen LogP contribution in [-0.4, -0.2) is 29.9 Å². The summed E-state index contributed by atoms with van der Waals surface area (Å²) < 4.78 is 12.4. The summed E-state index contributed by atoms with van der Waals surface area (Å²) in [5, 5.41) is 7.84. The average Bonchev–Trinajstić information content (AvgIpc) is 3.31. The van der Waals surface area contributed by atoms with Crippen LogP contribution in [0.3, 0.4) is 0 Å². The summed E-state index contributed by atoms with van der Waals surface area (Å²) in [7, 11) is 3.18. The largest absolute Gasteiger partial charge is 0.493 e. The van der Waals surface area contributed by atoms with E-state index in [4.69, 9.17) is 14.6 Å². The number of benzene rings is 2. The standard InChI is InChI=1S/C22H23N3O3S/c1-14-4-7-16(8-5-14)25-22(17-12-29-13-18(17)24-25)23-21(26)11-15-6-9-19(27-2)20(10-15)28-3/h4-10H,11-13H2,1-3H3,(H,23,26). The Morgan fingerprint density at radius 2 is 1.86 bits per heavy atom. The molecule has 0 atom stereocenters. The molecule has 29 heavy (non-hydrogen) atoms. The third kappa shape index (κ3) is 3.96. The number of ether oxygens (including phenoxy) is 2. The first-order valence-corrected chi connectivity index (χ1v) is 10.5. The maximum atomic E-state index is 12.8. The fourth-order valence-corrected chi connectivity index (χ4v) is 4.40. The summed E-state index contributed by atoms with van der Waals surface area (Å²) in [6, 6.07) is 13.7. The van der Waals surface area contributed by atoms with Crippen molar-refractivity contribution in [2.75, 3.05) is 19.5 Å².